The summed E-state index contributed by atoms with van der Waals surface area (Å²) in [6.07, 6.45) is 4.82. The Morgan fingerprint density at radius 2 is 2.26 bits per heavy atom. The molecule has 5 nitrogen and oxygen atoms in total. The van der Waals surface area contributed by atoms with E-state index in [9.17, 15) is 4.79 Å². The van der Waals surface area contributed by atoms with Gasteiger partial charge >= 0.3 is 0 Å². The molecule has 2 unspecified atom stereocenters. The Morgan fingerprint density at radius 3 is 2.95 bits per heavy atom. The molecule has 0 N–H and O–H groups in total. The number of Topliss-reactive ketones (excluding diaryl/α,β-unsaturated/α-hetero) is 1. The summed E-state index contributed by atoms with van der Waals surface area (Å²) in [5, 5.41) is 0. The highest BCUT2D eigenvalue weighted by Crippen LogP contribution is 2.35. The van der Waals surface area contributed by atoms with Gasteiger partial charge in [-0.25, -0.2) is 4.98 Å². The van der Waals surface area contributed by atoms with Crippen LogP contribution in [0.4, 0.5) is 0 Å². The lowest BCUT2D eigenvalue weighted by Crippen LogP contribution is -2.37. The lowest BCUT2D eigenvalue weighted by atomic mass is 9.96. The Labute approximate surface area is 110 Å². The molecule has 1 aromatic carbocycles. The van der Waals surface area contributed by atoms with E-state index in [1.165, 1.54) is 0 Å². The highest BCUT2D eigenvalue weighted by Gasteiger charge is 2.35. The average Bonchev–Trinajstić information content (AvgIpc) is 2.91. The molecule has 2 atom stereocenters. The maximum absolute atomic E-state index is 12.6. The van der Waals surface area contributed by atoms with Crippen molar-refractivity contribution >= 4 is 5.78 Å². The normalized spacial score (nSPS) is 21.7. The monoisotopic (exact) mass is 258 g/mol. The minimum atomic E-state index is -0.372. The first-order chi connectivity index (χ1) is 9.20. The number of ether oxygens (including phenoxy) is 2. The Bertz CT molecular complexity index is 607. The Hall–Kier alpha value is -2.30. The van der Waals surface area contributed by atoms with Crippen molar-refractivity contribution in [1.82, 2.24) is 9.55 Å². The number of benzene rings is 1. The van der Waals surface area contributed by atoms with Gasteiger partial charge in [0.25, 0.3) is 0 Å². The molecule has 0 aliphatic carbocycles. The van der Waals surface area contributed by atoms with Crippen molar-refractivity contribution in [3.05, 3.63) is 42.5 Å². The molecule has 3 rings (SSSR count). The van der Waals surface area contributed by atoms with Crippen molar-refractivity contribution < 1.29 is 14.3 Å². The van der Waals surface area contributed by atoms with Crippen molar-refractivity contribution in [2.75, 3.05) is 7.11 Å². The molecule has 98 valence electrons. The van der Waals surface area contributed by atoms with E-state index in [2.05, 4.69) is 4.98 Å². The van der Waals surface area contributed by atoms with Gasteiger partial charge in [-0.1, -0.05) is 0 Å². The molecule has 0 bridgehead atoms. The van der Waals surface area contributed by atoms with Crippen molar-refractivity contribution in [2.45, 2.75) is 19.1 Å². The summed E-state index contributed by atoms with van der Waals surface area (Å²) in [5.41, 5.74) is 0.581. The molecule has 1 aliphatic heterocycles. The predicted octanol–water partition coefficient (Wildman–Crippen LogP) is 2.10. The Kier molecular flexibility index (Phi) is 2.74. The van der Waals surface area contributed by atoms with Crippen LogP contribution < -0.4 is 9.47 Å². The molecular formula is C14H14N2O3. The fourth-order valence-electron chi connectivity index (χ4n) is 2.38. The number of aromatic nitrogens is 2. The molecule has 2 aromatic rings. The van der Waals surface area contributed by atoms with Gasteiger partial charge in [0.05, 0.1) is 19.0 Å². The van der Waals surface area contributed by atoms with Crippen LogP contribution in [0, 0.1) is 0 Å². The number of fused-ring (bicyclic) bond motifs is 1. The average molecular weight is 258 g/mol. The van der Waals surface area contributed by atoms with Gasteiger partial charge < -0.3 is 14.0 Å². The Morgan fingerprint density at radius 1 is 1.42 bits per heavy atom. The van der Waals surface area contributed by atoms with Gasteiger partial charge in [-0.05, 0) is 19.1 Å². The van der Waals surface area contributed by atoms with Crippen molar-refractivity contribution in [2.24, 2.45) is 0 Å². The molecule has 0 fully saturated rings. The number of carbonyl (C=O) groups is 1. The van der Waals surface area contributed by atoms with E-state index in [0.29, 0.717) is 17.1 Å². The van der Waals surface area contributed by atoms with Crippen LogP contribution in [-0.4, -0.2) is 28.5 Å². The molecule has 2 heterocycles. The number of rotatable bonds is 2. The SMILES string of the molecule is COc1ccc2c(c1)OC(C)C(n1ccnc1)C2=O. The van der Waals surface area contributed by atoms with Crippen molar-refractivity contribution in [3.63, 3.8) is 0 Å². The van der Waals surface area contributed by atoms with Crippen LogP contribution in [0.5, 0.6) is 11.5 Å². The molecule has 1 aromatic heterocycles. The minimum Gasteiger partial charge on any atom is -0.497 e. The number of hydrogen-bond donors (Lipinski definition) is 0. The smallest absolute Gasteiger partial charge is 0.193 e. The maximum atomic E-state index is 12.6. The Balaban J connectivity index is 2.03. The van der Waals surface area contributed by atoms with E-state index in [4.69, 9.17) is 9.47 Å². The number of methoxy groups -OCH3 is 1. The molecule has 0 amide bonds. The van der Waals surface area contributed by atoms with E-state index in [0.717, 1.165) is 0 Å². The number of hydrogen-bond acceptors (Lipinski definition) is 4. The molecule has 19 heavy (non-hydrogen) atoms. The molecule has 0 spiro atoms. The minimum absolute atomic E-state index is 0.0365. The number of carbonyl (C=O) groups excluding carboxylic acids is 1. The molecular weight excluding hydrogens is 244 g/mol. The lowest BCUT2D eigenvalue weighted by Gasteiger charge is -2.31. The number of ketones is 1. The second-order valence-electron chi connectivity index (χ2n) is 4.50. The summed E-state index contributed by atoms with van der Waals surface area (Å²) in [6.45, 7) is 1.88. The second kappa shape index (κ2) is 4.42. The fraction of sp³-hybridized carbons (Fsp3) is 0.286. The fourth-order valence-corrected chi connectivity index (χ4v) is 2.38. The molecule has 1 aliphatic rings. The first-order valence-electron chi connectivity index (χ1n) is 6.07. The topological polar surface area (TPSA) is 53.4 Å². The third kappa shape index (κ3) is 1.87. The molecule has 5 heteroatoms. The van der Waals surface area contributed by atoms with Gasteiger partial charge in [-0.3, -0.25) is 4.79 Å². The molecule has 0 saturated carbocycles. The van der Waals surface area contributed by atoms with Crippen LogP contribution in [-0.2, 0) is 0 Å². The summed E-state index contributed by atoms with van der Waals surface area (Å²) in [4.78, 5) is 16.5. The van der Waals surface area contributed by atoms with Gasteiger partial charge in [0.1, 0.15) is 23.6 Å². The van der Waals surface area contributed by atoms with Crippen LogP contribution in [0.25, 0.3) is 0 Å². The van der Waals surface area contributed by atoms with Crippen LogP contribution in [0.1, 0.15) is 23.3 Å². The molecule has 0 saturated heterocycles. The number of nitrogens with zero attached hydrogens (tertiary/aromatic N) is 2. The summed E-state index contributed by atoms with van der Waals surface area (Å²) < 4.78 is 12.8. The van der Waals surface area contributed by atoms with E-state index < -0.39 is 0 Å². The van der Waals surface area contributed by atoms with Crippen molar-refractivity contribution in [1.29, 1.82) is 0 Å². The zero-order chi connectivity index (χ0) is 13.4. The largest absolute Gasteiger partial charge is 0.497 e. The van der Waals surface area contributed by atoms with Crippen LogP contribution in [0.2, 0.25) is 0 Å². The number of imidazole rings is 1. The quantitative estimate of drug-likeness (QED) is 0.827. The summed E-state index contributed by atoms with van der Waals surface area (Å²) >= 11 is 0. The van der Waals surface area contributed by atoms with Gasteiger partial charge in [0.15, 0.2) is 5.78 Å². The zero-order valence-electron chi connectivity index (χ0n) is 10.7. The highest BCUT2D eigenvalue weighted by atomic mass is 16.5. The van der Waals surface area contributed by atoms with Crippen LogP contribution >= 0.6 is 0 Å². The van der Waals surface area contributed by atoms with E-state index >= 15 is 0 Å². The third-order valence-corrected chi connectivity index (χ3v) is 3.33. The standard InChI is InChI=1S/C14H14N2O3/c1-9-13(16-6-5-15-8-16)14(17)11-4-3-10(18-2)7-12(11)19-9/h3-9,13H,1-2H3. The first kappa shape index (κ1) is 11.8. The van der Waals surface area contributed by atoms with Gasteiger partial charge in [0, 0.05) is 18.5 Å². The van der Waals surface area contributed by atoms with E-state index in [1.54, 1.807) is 48.6 Å². The summed E-state index contributed by atoms with van der Waals surface area (Å²) in [5.74, 6) is 1.29. The lowest BCUT2D eigenvalue weighted by molar-refractivity contribution is 0.0717. The van der Waals surface area contributed by atoms with E-state index in [1.807, 2.05) is 6.92 Å². The van der Waals surface area contributed by atoms with Gasteiger partial charge in [0.2, 0.25) is 0 Å². The maximum Gasteiger partial charge on any atom is 0.193 e. The zero-order valence-corrected chi connectivity index (χ0v) is 10.7. The highest BCUT2D eigenvalue weighted by molar-refractivity contribution is 6.02. The van der Waals surface area contributed by atoms with Crippen LogP contribution in [0.3, 0.4) is 0 Å². The van der Waals surface area contributed by atoms with Gasteiger partial charge in [-0.15, -0.1) is 0 Å². The predicted molar refractivity (Wildman–Crippen MR) is 68.7 cm³/mol. The second-order valence-corrected chi connectivity index (χ2v) is 4.50. The third-order valence-electron chi connectivity index (χ3n) is 3.33. The first-order valence-corrected chi connectivity index (χ1v) is 6.07. The summed E-state index contributed by atoms with van der Waals surface area (Å²) in [7, 11) is 1.59. The van der Waals surface area contributed by atoms with E-state index in [-0.39, 0.29) is 17.9 Å². The van der Waals surface area contributed by atoms with Crippen LogP contribution in [0.15, 0.2) is 36.9 Å². The summed E-state index contributed by atoms with van der Waals surface area (Å²) in [6, 6.07) is 4.88. The molecule has 0 radical (unpaired) electrons. The van der Waals surface area contributed by atoms with Crippen molar-refractivity contribution in [3.8, 4) is 11.5 Å². The van der Waals surface area contributed by atoms with Gasteiger partial charge in [-0.2, -0.15) is 0 Å².